The molecule has 0 aliphatic carbocycles. The Balaban J connectivity index is 2.23. The summed E-state index contributed by atoms with van der Waals surface area (Å²) in [4.78, 5) is 14.1. The Morgan fingerprint density at radius 3 is 2.95 bits per heavy atom. The molecule has 0 bridgehead atoms. The average Bonchev–Trinajstić information content (AvgIpc) is 2.41. The summed E-state index contributed by atoms with van der Waals surface area (Å²) in [5, 5.41) is 3.48. The Hall–Kier alpha value is -0.610. The molecule has 1 aliphatic heterocycles. The van der Waals surface area contributed by atoms with Crippen LogP contribution in [0.25, 0.3) is 0 Å². The largest absolute Gasteiger partial charge is 0.382 e. The van der Waals surface area contributed by atoms with Crippen LogP contribution in [0.15, 0.2) is 0 Å². The van der Waals surface area contributed by atoms with Gasteiger partial charge in [0.05, 0.1) is 0 Å². The molecule has 112 valence electrons. The fourth-order valence-electron chi connectivity index (χ4n) is 2.49. The molecule has 1 atom stereocenters. The van der Waals surface area contributed by atoms with Crippen LogP contribution in [0.1, 0.15) is 46.5 Å². The van der Waals surface area contributed by atoms with Crippen molar-refractivity contribution in [1.29, 1.82) is 0 Å². The second kappa shape index (κ2) is 9.32. The first-order valence-electron chi connectivity index (χ1n) is 7.72. The van der Waals surface area contributed by atoms with Gasteiger partial charge in [0.2, 0.25) is 5.91 Å². The lowest BCUT2D eigenvalue weighted by Gasteiger charge is -2.33. The standard InChI is InChI=1S/C15H30N2O2/c1-4-19-10-6-8-15(18)17-9-5-7-14(12-17)11-16-13(2)3/h13-14,16H,4-12H2,1-3H3. The first-order valence-corrected chi connectivity index (χ1v) is 7.72. The second-order valence-corrected chi connectivity index (χ2v) is 5.71. The monoisotopic (exact) mass is 270 g/mol. The van der Waals surface area contributed by atoms with Crippen molar-refractivity contribution >= 4 is 5.91 Å². The molecular formula is C15H30N2O2. The molecule has 4 heteroatoms. The Kier molecular flexibility index (Phi) is 8.07. The van der Waals surface area contributed by atoms with Gasteiger partial charge in [-0.2, -0.15) is 0 Å². The molecule has 1 saturated heterocycles. The highest BCUT2D eigenvalue weighted by Crippen LogP contribution is 2.17. The molecule has 0 radical (unpaired) electrons. The van der Waals surface area contributed by atoms with Gasteiger partial charge in [0, 0.05) is 38.8 Å². The predicted octanol–water partition coefficient (Wildman–Crippen LogP) is 2.04. The molecule has 1 aliphatic rings. The molecule has 1 heterocycles. The van der Waals surface area contributed by atoms with E-state index in [1.807, 2.05) is 11.8 Å². The summed E-state index contributed by atoms with van der Waals surface area (Å²) in [7, 11) is 0. The van der Waals surface area contributed by atoms with Gasteiger partial charge in [-0.05, 0) is 38.6 Å². The number of ether oxygens (including phenoxy) is 1. The molecule has 0 aromatic rings. The Morgan fingerprint density at radius 1 is 1.47 bits per heavy atom. The molecular weight excluding hydrogens is 240 g/mol. The van der Waals surface area contributed by atoms with E-state index in [0.717, 1.165) is 39.1 Å². The molecule has 0 saturated carbocycles. The molecule has 4 nitrogen and oxygen atoms in total. The van der Waals surface area contributed by atoms with Crippen molar-refractivity contribution in [2.45, 2.75) is 52.5 Å². The van der Waals surface area contributed by atoms with Crippen LogP contribution >= 0.6 is 0 Å². The third-order valence-corrected chi connectivity index (χ3v) is 3.57. The van der Waals surface area contributed by atoms with Gasteiger partial charge in [-0.3, -0.25) is 4.79 Å². The molecule has 0 aromatic heterocycles. The minimum absolute atomic E-state index is 0.300. The lowest BCUT2D eigenvalue weighted by atomic mass is 9.97. The first kappa shape index (κ1) is 16.4. The third kappa shape index (κ3) is 6.92. The number of carbonyl (C=O) groups excluding carboxylic acids is 1. The van der Waals surface area contributed by atoms with E-state index in [1.165, 1.54) is 6.42 Å². The number of nitrogens with zero attached hydrogens (tertiary/aromatic N) is 1. The van der Waals surface area contributed by atoms with E-state index in [2.05, 4.69) is 19.2 Å². The maximum Gasteiger partial charge on any atom is 0.222 e. The van der Waals surface area contributed by atoms with Crippen molar-refractivity contribution in [3.05, 3.63) is 0 Å². The summed E-state index contributed by atoms with van der Waals surface area (Å²) >= 11 is 0. The van der Waals surface area contributed by atoms with Crippen molar-refractivity contribution in [2.24, 2.45) is 5.92 Å². The molecule has 19 heavy (non-hydrogen) atoms. The quantitative estimate of drug-likeness (QED) is 0.686. The van der Waals surface area contributed by atoms with Gasteiger partial charge in [-0.15, -0.1) is 0 Å². The predicted molar refractivity (Wildman–Crippen MR) is 78.2 cm³/mol. The molecule has 1 rings (SSSR count). The molecule has 1 amide bonds. The SMILES string of the molecule is CCOCCCC(=O)N1CCCC(CNC(C)C)C1. The van der Waals surface area contributed by atoms with Crippen LogP contribution in [-0.2, 0) is 9.53 Å². The van der Waals surface area contributed by atoms with Gasteiger partial charge < -0.3 is 15.0 Å². The number of nitrogens with one attached hydrogen (secondary N) is 1. The highest BCUT2D eigenvalue weighted by atomic mass is 16.5. The minimum Gasteiger partial charge on any atom is -0.382 e. The fraction of sp³-hybridized carbons (Fsp3) is 0.933. The maximum atomic E-state index is 12.1. The summed E-state index contributed by atoms with van der Waals surface area (Å²) in [6.45, 7) is 10.6. The van der Waals surface area contributed by atoms with Crippen LogP contribution in [0.3, 0.4) is 0 Å². The zero-order valence-corrected chi connectivity index (χ0v) is 12.8. The van der Waals surface area contributed by atoms with Gasteiger partial charge in [-0.1, -0.05) is 13.8 Å². The van der Waals surface area contributed by atoms with E-state index >= 15 is 0 Å². The van der Waals surface area contributed by atoms with Crippen LogP contribution in [0.5, 0.6) is 0 Å². The summed E-state index contributed by atoms with van der Waals surface area (Å²) < 4.78 is 5.28. The zero-order valence-electron chi connectivity index (χ0n) is 12.8. The maximum absolute atomic E-state index is 12.1. The van der Waals surface area contributed by atoms with E-state index in [0.29, 0.717) is 30.9 Å². The van der Waals surface area contributed by atoms with E-state index < -0.39 is 0 Å². The smallest absolute Gasteiger partial charge is 0.222 e. The topological polar surface area (TPSA) is 41.6 Å². The van der Waals surface area contributed by atoms with Gasteiger partial charge in [-0.25, -0.2) is 0 Å². The third-order valence-electron chi connectivity index (χ3n) is 3.57. The van der Waals surface area contributed by atoms with Crippen LogP contribution in [0.4, 0.5) is 0 Å². The van der Waals surface area contributed by atoms with Crippen molar-refractivity contribution in [3.63, 3.8) is 0 Å². The van der Waals surface area contributed by atoms with Gasteiger partial charge in [0.25, 0.3) is 0 Å². The number of piperidine rings is 1. The summed E-state index contributed by atoms with van der Waals surface area (Å²) in [6, 6.07) is 0.525. The van der Waals surface area contributed by atoms with Crippen LogP contribution < -0.4 is 5.32 Å². The minimum atomic E-state index is 0.300. The lowest BCUT2D eigenvalue weighted by molar-refractivity contribution is -0.133. The average molecular weight is 270 g/mol. The number of amides is 1. The van der Waals surface area contributed by atoms with E-state index in [4.69, 9.17) is 4.74 Å². The lowest BCUT2D eigenvalue weighted by Crippen LogP contribution is -2.43. The van der Waals surface area contributed by atoms with E-state index in [9.17, 15) is 4.79 Å². The summed E-state index contributed by atoms with van der Waals surface area (Å²) in [6.07, 6.45) is 3.85. The Labute approximate surface area is 117 Å². The molecule has 1 N–H and O–H groups in total. The van der Waals surface area contributed by atoms with Crippen LogP contribution in [-0.4, -0.2) is 49.7 Å². The number of hydrogen-bond donors (Lipinski definition) is 1. The molecule has 0 aromatic carbocycles. The Bertz CT molecular complexity index is 257. The summed E-state index contributed by atoms with van der Waals surface area (Å²) in [5.41, 5.74) is 0. The van der Waals surface area contributed by atoms with Gasteiger partial charge in [0.15, 0.2) is 0 Å². The molecule has 1 unspecified atom stereocenters. The normalized spacial score (nSPS) is 20.0. The van der Waals surface area contributed by atoms with Crippen molar-refractivity contribution in [2.75, 3.05) is 32.8 Å². The first-order chi connectivity index (χ1) is 9.13. The summed E-state index contributed by atoms with van der Waals surface area (Å²) in [5.74, 6) is 0.918. The van der Waals surface area contributed by atoms with Gasteiger partial charge >= 0.3 is 0 Å². The van der Waals surface area contributed by atoms with E-state index in [1.54, 1.807) is 0 Å². The van der Waals surface area contributed by atoms with E-state index in [-0.39, 0.29) is 0 Å². The zero-order chi connectivity index (χ0) is 14.1. The van der Waals surface area contributed by atoms with Crippen molar-refractivity contribution in [3.8, 4) is 0 Å². The number of hydrogen-bond acceptors (Lipinski definition) is 3. The fourth-order valence-corrected chi connectivity index (χ4v) is 2.49. The van der Waals surface area contributed by atoms with Crippen LogP contribution in [0, 0.1) is 5.92 Å². The number of rotatable bonds is 8. The van der Waals surface area contributed by atoms with Crippen LogP contribution in [0.2, 0.25) is 0 Å². The highest BCUT2D eigenvalue weighted by molar-refractivity contribution is 5.76. The second-order valence-electron chi connectivity index (χ2n) is 5.71. The molecule has 1 fully saturated rings. The Morgan fingerprint density at radius 2 is 2.26 bits per heavy atom. The number of carbonyl (C=O) groups is 1. The highest BCUT2D eigenvalue weighted by Gasteiger charge is 2.23. The molecule has 0 spiro atoms. The van der Waals surface area contributed by atoms with Crippen molar-refractivity contribution < 1.29 is 9.53 Å². The van der Waals surface area contributed by atoms with Gasteiger partial charge in [0.1, 0.15) is 0 Å². The number of likely N-dealkylation sites (tertiary alicyclic amines) is 1. The van der Waals surface area contributed by atoms with Crippen molar-refractivity contribution in [1.82, 2.24) is 10.2 Å².